The Morgan fingerprint density at radius 1 is 1.41 bits per heavy atom. The molecule has 0 radical (unpaired) electrons. The van der Waals surface area contributed by atoms with Gasteiger partial charge in [-0.25, -0.2) is 0 Å². The molecule has 1 unspecified atom stereocenters. The topological polar surface area (TPSA) is 12.0 Å². The Morgan fingerprint density at radius 3 is 3.06 bits per heavy atom. The Balaban J connectivity index is 1.93. The van der Waals surface area contributed by atoms with E-state index in [9.17, 15) is 0 Å². The predicted molar refractivity (Wildman–Crippen MR) is 75.4 cm³/mol. The van der Waals surface area contributed by atoms with Gasteiger partial charge in [0.2, 0.25) is 0 Å². The smallest absolute Gasteiger partial charge is 0.0439 e. The molecule has 3 rings (SSSR count). The van der Waals surface area contributed by atoms with Gasteiger partial charge < -0.3 is 5.32 Å². The largest absolute Gasteiger partial charge is 0.384 e. The van der Waals surface area contributed by atoms with Crippen LogP contribution < -0.4 is 5.32 Å². The van der Waals surface area contributed by atoms with Crippen LogP contribution in [0.25, 0.3) is 0 Å². The molecule has 1 atom stereocenters. The van der Waals surface area contributed by atoms with Crippen molar-refractivity contribution < 1.29 is 0 Å². The number of fused-ring (bicyclic) bond motifs is 1. The average molecular weight is 264 g/mol. The third kappa shape index (κ3) is 2.07. The van der Waals surface area contributed by atoms with Crippen molar-refractivity contribution in [2.45, 2.75) is 19.3 Å². The van der Waals surface area contributed by atoms with E-state index < -0.39 is 0 Å². The fourth-order valence-corrected chi connectivity index (χ4v) is 3.37. The van der Waals surface area contributed by atoms with E-state index in [1.54, 1.807) is 0 Å². The summed E-state index contributed by atoms with van der Waals surface area (Å²) in [4.78, 5) is 1.46. The monoisotopic (exact) mass is 263 g/mol. The van der Waals surface area contributed by atoms with Gasteiger partial charge in [0.1, 0.15) is 0 Å². The zero-order chi connectivity index (χ0) is 11.8. The summed E-state index contributed by atoms with van der Waals surface area (Å²) in [5, 5.41) is 6.54. The van der Waals surface area contributed by atoms with Gasteiger partial charge in [-0.15, -0.1) is 11.3 Å². The summed E-state index contributed by atoms with van der Waals surface area (Å²) in [7, 11) is 0. The SMILES string of the molecule is Cc1cc2c(cc1Cl)CC(c1cccs1)CN2. The van der Waals surface area contributed by atoms with E-state index in [0.29, 0.717) is 5.92 Å². The second kappa shape index (κ2) is 4.35. The zero-order valence-corrected chi connectivity index (χ0v) is 11.2. The number of hydrogen-bond acceptors (Lipinski definition) is 2. The van der Waals surface area contributed by atoms with Gasteiger partial charge in [0, 0.05) is 28.0 Å². The van der Waals surface area contributed by atoms with E-state index in [4.69, 9.17) is 11.6 Å². The van der Waals surface area contributed by atoms with Crippen molar-refractivity contribution >= 4 is 28.6 Å². The third-order valence-electron chi connectivity index (χ3n) is 3.34. The zero-order valence-electron chi connectivity index (χ0n) is 9.66. The number of hydrogen-bond donors (Lipinski definition) is 1. The van der Waals surface area contributed by atoms with Crippen molar-refractivity contribution in [2.24, 2.45) is 0 Å². The molecule has 0 bridgehead atoms. The van der Waals surface area contributed by atoms with Crippen LogP contribution in [-0.4, -0.2) is 6.54 Å². The molecule has 17 heavy (non-hydrogen) atoms. The van der Waals surface area contributed by atoms with Crippen LogP contribution in [0.5, 0.6) is 0 Å². The van der Waals surface area contributed by atoms with Gasteiger partial charge in [-0.05, 0) is 48.1 Å². The summed E-state index contributed by atoms with van der Waals surface area (Å²) in [5.74, 6) is 0.585. The summed E-state index contributed by atoms with van der Waals surface area (Å²) in [6.07, 6.45) is 1.09. The predicted octanol–water partition coefficient (Wildman–Crippen LogP) is 4.46. The van der Waals surface area contributed by atoms with E-state index in [1.807, 2.05) is 11.3 Å². The van der Waals surface area contributed by atoms with E-state index in [0.717, 1.165) is 23.6 Å². The lowest BCUT2D eigenvalue weighted by molar-refractivity contribution is 0.707. The van der Waals surface area contributed by atoms with Crippen LogP contribution in [0, 0.1) is 6.92 Å². The molecule has 1 aliphatic heterocycles. The second-order valence-corrected chi connectivity index (χ2v) is 5.94. The van der Waals surface area contributed by atoms with Crippen molar-refractivity contribution in [1.29, 1.82) is 0 Å². The Hall–Kier alpha value is -0.990. The van der Waals surface area contributed by atoms with Gasteiger partial charge in [-0.2, -0.15) is 0 Å². The van der Waals surface area contributed by atoms with E-state index in [-0.39, 0.29) is 0 Å². The molecular weight excluding hydrogens is 250 g/mol. The van der Waals surface area contributed by atoms with Crippen LogP contribution in [0.3, 0.4) is 0 Å². The number of aryl methyl sites for hydroxylation is 1. The Morgan fingerprint density at radius 2 is 2.29 bits per heavy atom. The van der Waals surface area contributed by atoms with Crippen LogP contribution in [0.2, 0.25) is 5.02 Å². The molecule has 1 aromatic heterocycles. The quantitative estimate of drug-likeness (QED) is 0.801. The molecule has 1 aliphatic rings. The maximum atomic E-state index is 6.19. The van der Waals surface area contributed by atoms with Crippen molar-refractivity contribution in [3.05, 3.63) is 50.7 Å². The lowest BCUT2D eigenvalue weighted by Gasteiger charge is -2.26. The summed E-state index contributed by atoms with van der Waals surface area (Å²) >= 11 is 8.03. The Kier molecular flexibility index (Phi) is 2.85. The van der Waals surface area contributed by atoms with Crippen LogP contribution in [-0.2, 0) is 6.42 Å². The van der Waals surface area contributed by atoms with Gasteiger partial charge in [-0.1, -0.05) is 17.7 Å². The van der Waals surface area contributed by atoms with Gasteiger partial charge in [-0.3, -0.25) is 0 Å². The highest BCUT2D eigenvalue weighted by Crippen LogP contribution is 2.35. The van der Waals surface area contributed by atoms with Gasteiger partial charge in [0.15, 0.2) is 0 Å². The standard InChI is InChI=1S/C14H14ClNS/c1-9-5-13-10(7-12(9)15)6-11(8-16-13)14-3-2-4-17-14/h2-5,7,11,16H,6,8H2,1H3. The Bertz CT molecular complexity index is 533. The summed E-state index contributed by atoms with van der Waals surface area (Å²) in [5.41, 5.74) is 3.73. The molecule has 3 heteroatoms. The second-order valence-electron chi connectivity index (χ2n) is 4.56. The lowest BCUT2D eigenvalue weighted by Crippen LogP contribution is -2.20. The normalized spacial score (nSPS) is 18.6. The molecule has 1 aromatic carbocycles. The third-order valence-corrected chi connectivity index (χ3v) is 4.78. The molecule has 0 amide bonds. The number of nitrogens with one attached hydrogen (secondary N) is 1. The molecule has 2 aromatic rings. The molecule has 0 spiro atoms. The van der Waals surface area contributed by atoms with Crippen LogP contribution in [0.15, 0.2) is 29.6 Å². The highest BCUT2D eigenvalue weighted by atomic mass is 35.5. The first-order valence-electron chi connectivity index (χ1n) is 5.80. The van der Waals surface area contributed by atoms with Crippen molar-refractivity contribution in [3.63, 3.8) is 0 Å². The van der Waals surface area contributed by atoms with Gasteiger partial charge in [0.05, 0.1) is 0 Å². The lowest BCUT2D eigenvalue weighted by atomic mass is 9.92. The number of rotatable bonds is 1. The minimum Gasteiger partial charge on any atom is -0.384 e. The Labute approximate surface area is 110 Å². The van der Waals surface area contributed by atoms with Crippen molar-refractivity contribution in [3.8, 4) is 0 Å². The molecule has 1 nitrogen and oxygen atoms in total. The number of thiophene rings is 1. The number of halogens is 1. The summed E-state index contributed by atoms with van der Waals surface area (Å²) < 4.78 is 0. The van der Waals surface area contributed by atoms with E-state index >= 15 is 0 Å². The molecule has 0 fully saturated rings. The molecule has 88 valence electrons. The minimum atomic E-state index is 0.585. The highest BCUT2D eigenvalue weighted by molar-refractivity contribution is 7.10. The van der Waals surface area contributed by atoms with E-state index in [2.05, 4.69) is 41.9 Å². The maximum Gasteiger partial charge on any atom is 0.0439 e. The first-order valence-corrected chi connectivity index (χ1v) is 7.06. The fraction of sp³-hybridized carbons (Fsp3) is 0.286. The van der Waals surface area contributed by atoms with E-state index in [1.165, 1.54) is 16.1 Å². The van der Waals surface area contributed by atoms with Gasteiger partial charge in [0.25, 0.3) is 0 Å². The average Bonchev–Trinajstić information content (AvgIpc) is 2.83. The molecular formula is C14H14ClNS. The summed E-state index contributed by atoms with van der Waals surface area (Å²) in [6, 6.07) is 8.61. The van der Waals surface area contributed by atoms with Gasteiger partial charge >= 0.3 is 0 Å². The molecule has 0 saturated heterocycles. The molecule has 1 N–H and O–H groups in total. The van der Waals surface area contributed by atoms with Crippen LogP contribution in [0.4, 0.5) is 5.69 Å². The number of benzene rings is 1. The molecule has 2 heterocycles. The first-order chi connectivity index (χ1) is 8.24. The van der Waals surface area contributed by atoms with Crippen LogP contribution in [0.1, 0.15) is 21.9 Å². The molecule has 0 saturated carbocycles. The van der Waals surface area contributed by atoms with Crippen molar-refractivity contribution in [1.82, 2.24) is 0 Å². The maximum absolute atomic E-state index is 6.19. The number of anilines is 1. The fourth-order valence-electron chi connectivity index (χ4n) is 2.35. The molecule has 0 aliphatic carbocycles. The summed E-state index contributed by atoms with van der Waals surface area (Å²) in [6.45, 7) is 3.07. The first kappa shape index (κ1) is 11.1. The van der Waals surface area contributed by atoms with Crippen LogP contribution >= 0.6 is 22.9 Å². The minimum absolute atomic E-state index is 0.585. The van der Waals surface area contributed by atoms with Crippen molar-refractivity contribution in [2.75, 3.05) is 11.9 Å². The highest BCUT2D eigenvalue weighted by Gasteiger charge is 2.21.